The largest absolute Gasteiger partial charge is 0.448 e. The summed E-state index contributed by atoms with van der Waals surface area (Å²) in [7, 11) is 1.43. The Bertz CT molecular complexity index is 569. The van der Waals surface area contributed by atoms with Crippen molar-refractivity contribution in [2.24, 2.45) is 5.92 Å². The van der Waals surface area contributed by atoms with Gasteiger partial charge in [-0.1, -0.05) is 0 Å². The SMILES string of the molecule is CN1CC(NC(=O)c2coc(CC3CC3)n2)CCC1C(F)(F)F. The predicted molar refractivity (Wildman–Crippen MR) is 75.9 cm³/mol. The first-order valence-electron chi connectivity index (χ1n) is 7.85. The van der Waals surface area contributed by atoms with E-state index in [9.17, 15) is 18.0 Å². The second-order valence-electron chi connectivity index (χ2n) is 6.52. The number of nitrogens with one attached hydrogen (secondary N) is 1. The molecule has 2 fully saturated rings. The van der Waals surface area contributed by atoms with Crippen molar-refractivity contribution in [2.75, 3.05) is 13.6 Å². The van der Waals surface area contributed by atoms with Gasteiger partial charge in [-0.3, -0.25) is 9.69 Å². The van der Waals surface area contributed by atoms with Gasteiger partial charge in [0.2, 0.25) is 0 Å². The number of likely N-dealkylation sites (N-methyl/N-ethyl adjacent to an activating group) is 1. The summed E-state index contributed by atoms with van der Waals surface area (Å²) in [4.78, 5) is 17.5. The van der Waals surface area contributed by atoms with Crippen LogP contribution in [0.4, 0.5) is 13.2 Å². The van der Waals surface area contributed by atoms with E-state index < -0.39 is 12.2 Å². The van der Waals surface area contributed by atoms with Gasteiger partial charge in [0.15, 0.2) is 11.6 Å². The Morgan fingerprint density at radius 1 is 1.39 bits per heavy atom. The lowest BCUT2D eigenvalue weighted by Crippen LogP contribution is -2.54. The molecule has 2 aliphatic rings. The van der Waals surface area contributed by atoms with Crippen molar-refractivity contribution in [1.82, 2.24) is 15.2 Å². The summed E-state index contributed by atoms with van der Waals surface area (Å²) in [6.45, 7) is 0.169. The summed E-state index contributed by atoms with van der Waals surface area (Å²) in [5.41, 5.74) is 0.196. The molecule has 5 nitrogen and oxygen atoms in total. The molecule has 1 saturated carbocycles. The Hall–Kier alpha value is -1.57. The maximum Gasteiger partial charge on any atom is 0.404 e. The van der Waals surface area contributed by atoms with Gasteiger partial charge < -0.3 is 9.73 Å². The van der Waals surface area contributed by atoms with Crippen LogP contribution in [0.5, 0.6) is 0 Å². The van der Waals surface area contributed by atoms with E-state index >= 15 is 0 Å². The normalized spacial score (nSPS) is 26.3. The Balaban J connectivity index is 1.53. The number of amides is 1. The molecule has 0 aromatic carbocycles. The molecule has 1 aromatic heterocycles. The first kappa shape index (κ1) is 16.3. The quantitative estimate of drug-likeness (QED) is 0.920. The molecule has 2 unspecified atom stereocenters. The number of alkyl halides is 3. The molecule has 2 heterocycles. The fraction of sp³-hybridized carbons (Fsp3) is 0.733. The fourth-order valence-corrected chi connectivity index (χ4v) is 3.01. The summed E-state index contributed by atoms with van der Waals surface area (Å²) < 4.78 is 43.7. The molecule has 128 valence electrons. The minimum Gasteiger partial charge on any atom is -0.448 e. The van der Waals surface area contributed by atoms with Crippen molar-refractivity contribution in [1.29, 1.82) is 0 Å². The van der Waals surface area contributed by atoms with Crippen molar-refractivity contribution < 1.29 is 22.4 Å². The monoisotopic (exact) mass is 331 g/mol. The number of aromatic nitrogens is 1. The van der Waals surface area contributed by atoms with Crippen molar-refractivity contribution >= 4 is 5.91 Å². The number of nitrogens with zero attached hydrogens (tertiary/aromatic N) is 2. The number of oxazole rings is 1. The number of hydrogen-bond donors (Lipinski definition) is 1. The van der Waals surface area contributed by atoms with Gasteiger partial charge in [-0.15, -0.1) is 0 Å². The van der Waals surface area contributed by atoms with E-state index in [1.54, 1.807) is 0 Å². The minimum absolute atomic E-state index is 0.0172. The molecule has 0 spiro atoms. The van der Waals surface area contributed by atoms with E-state index in [0.717, 1.165) is 6.42 Å². The number of rotatable bonds is 4. The number of hydrogen-bond acceptors (Lipinski definition) is 4. The number of likely N-dealkylation sites (tertiary alicyclic amines) is 1. The highest BCUT2D eigenvalue weighted by Gasteiger charge is 2.45. The first-order valence-corrected chi connectivity index (χ1v) is 7.85. The highest BCUT2D eigenvalue weighted by atomic mass is 19.4. The summed E-state index contributed by atoms with van der Waals surface area (Å²) >= 11 is 0. The Labute approximate surface area is 132 Å². The van der Waals surface area contributed by atoms with Gasteiger partial charge in [-0.05, 0) is 38.6 Å². The highest BCUT2D eigenvalue weighted by molar-refractivity contribution is 5.92. The molecule has 1 N–H and O–H groups in total. The van der Waals surface area contributed by atoms with E-state index in [4.69, 9.17) is 4.42 Å². The van der Waals surface area contributed by atoms with Crippen LogP contribution in [0.25, 0.3) is 0 Å². The second-order valence-corrected chi connectivity index (χ2v) is 6.52. The lowest BCUT2D eigenvalue weighted by molar-refractivity contribution is -0.188. The maximum absolute atomic E-state index is 12.8. The van der Waals surface area contributed by atoms with Gasteiger partial charge in [-0.25, -0.2) is 4.98 Å². The van der Waals surface area contributed by atoms with E-state index in [1.165, 1.54) is 31.1 Å². The molecular formula is C15H20F3N3O2. The van der Waals surface area contributed by atoms with Crippen LogP contribution in [0, 0.1) is 5.92 Å². The van der Waals surface area contributed by atoms with Gasteiger partial charge in [0.1, 0.15) is 12.3 Å². The van der Waals surface area contributed by atoms with E-state index in [2.05, 4.69) is 10.3 Å². The Morgan fingerprint density at radius 3 is 2.74 bits per heavy atom. The lowest BCUT2D eigenvalue weighted by atomic mass is 9.98. The average Bonchev–Trinajstić information content (AvgIpc) is 3.12. The molecule has 2 atom stereocenters. The van der Waals surface area contributed by atoms with Crippen LogP contribution >= 0.6 is 0 Å². The van der Waals surface area contributed by atoms with Crippen molar-refractivity contribution in [3.05, 3.63) is 17.8 Å². The summed E-state index contributed by atoms with van der Waals surface area (Å²) in [6, 6.07) is -1.75. The zero-order valence-corrected chi connectivity index (χ0v) is 12.9. The highest BCUT2D eigenvalue weighted by Crippen LogP contribution is 2.32. The van der Waals surface area contributed by atoms with Gasteiger partial charge in [0.25, 0.3) is 5.91 Å². The number of halogens is 3. The van der Waals surface area contributed by atoms with Gasteiger partial charge in [0, 0.05) is 19.0 Å². The lowest BCUT2D eigenvalue weighted by Gasteiger charge is -2.38. The molecule has 3 rings (SSSR count). The summed E-state index contributed by atoms with van der Waals surface area (Å²) in [5.74, 6) is 0.770. The zero-order chi connectivity index (χ0) is 16.6. The van der Waals surface area contributed by atoms with Crippen molar-refractivity contribution in [2.45, 2.75) is 50.4 Å². The van der Waals surface area contributed by atoms with Crippen LogP contribution in [-0.2, 0) is 6.42 Å². The van der Waals surface area contributed by atoms with Crippen LogP contribution < -0.4 is 5.32 Å². The molecule has 0 bridgehead atoms. The average molecular weight is 331 g/mol. The first-order chi connectivity index (χ1) is 10.8. The molecule has 1 amide bonds. The van der Waals surface area contributed by atoms with Gasteiger partial charge >= 0.3 is 6.18 Å². The second kappa shape index (κ2) is 6.14. The summed E-state index contributed by atoms with van der Waals surface area (Å²) in [6.07, 6.45) is 0.444. The van der Waals surface area contributed by atoms with Crippen LogP contribution in [0.1, 0.15) is 42.1 Å². The summed E-state index contributed by atoms with van der Waals surface area (Å²) in [5, 5.41) is 2.75. The van der Waals surface area contributed by atoms with Crippen LogP contribution in [0.2, 0.25) is 0 Å². The third-order valence-electron chi connectivity index (χ3n) is 4.49. The van der Waals surface area contributed by atoms with E-state index in [-0.39, 0.29) is 30.6 Å². The van der Waals surface area contributed by atoms with Gasteiger partial charge in [0.05, 0.1) is 0 Å². The molecular weight excluding hydrogens is 311 g/mol. The third-order valence-corrected chi connectivity index (χ3v) is 4.49. The minimum atomic E-state index is -4.23. The zero-order valence-electron chi connectivity index (χ0n) is 12.9. The molecule has 1 aliphatic heterocycles. The van der Waals surface area contributed by atoms with Crippen molar-refractivity contribution in [3.63, 3.8) is 0 Å². The smallest absolute Gasteiger partial charge is 0.404 e. The molecule has 1 saturated heterocycles. The predicted octanol–water partition coefficient (Wildman–Crippen LogP) is 2.38. The maximum atomic E-state index is 12.8. The van der Waals surface area contributed by atoms with Crippen LogP contribution in [0.15, 0.2) is 10.7 Å². The fourth-order valence-electron chi connectivity index (χ4n) is 3.01. The molecule has 8 heteroatoms. The van der Waals surface area contributed by atoms with Gasteiger partial charge in [-0.2, -0.15) is 13.2 Å². The molecule has 1 aliphatic carbocycles. The van der Waals surface area contributed by atoms with Crippen molar-refractivity contribution in [3.8, 4) is 0 Å². The number of piperidine rings is 1. The Morgan fingerprint density at radius 2 is 2.13 bits per heavy atom. The van der Waals surface area contributed by atoms with E-state index in [0.29, 0.717) is 18.2 Å². The Kier molecular flexibility index (Phi) is 4.35. The van der Waals surface area contributed by atoms with Crippen LogP contribution in [-0.4, -0.2) is 47.6 Å². The molecule has 1 aromatic rings. The molecule has 23 heavy (non-hydrogen) atoms. The number of carbonyl (C=O) groups is 1. The standard InChI is InChI=1S/C15H20F3N3O2/c1-21-7-10(4-5-12(21)15(16,17)18)19-14(22)11-8-23-13(20-11)6-9-2-3-9/h8-10,12H,2-7H2,1H3,(H,19,22). The van der Waals surface area contributed by atoms with E-state index in [1.807, 2.05) is 0 Å². The topological polar surface area (TPSA) is 58.4 Å². The van der Waals surface area contributed by atoms with Crippen LogP contribution in [0.3, 0.4) is 0 Å². The third kappa shape index (κ3) is 4.04. The number of carbonyl (C=O) groups excluding carboxylic acids is 1. The molecule has 0 radical (unpaired) electrons.